The van der Waals surface area contributed by atoms with E-state index in [0.29, 0.717) is 11.8 Å². The molecule has 42 heavy (non-hydrogen) atoms. The highest BCUT2D eigenvalue weighted by molar-refractivity contribution is 5.68. The molecule has 236 valence electrons. The minimum atomic E-state index is -0.478. The third-order valence-corrected chi connectivity index (χ3v) is 14.1. The van der Waals surface area contributed by atoms with Gasteiger partial charge in [-0.2, -0.15) is 0 Å². The molecule has 4 fully saturated rings. The summed E-state index contributed by atoms with van der Waals surface area (Å²) in [5, 5.41) is 0. The topological polar surface area (TPSA) is 78.9 Å². The summed E-state index contributed by atoms with van der Waals surface area (Å²) >= 11 is 0. The van der Waals surface area contributed by atoms with Gasteiger partial charge in [0.15, 0.2) is 0 Å². The lowest BCUT2D eigenvalue weighted by atomic mass is 9.33. The van der Waals surface area contributed by atoms with Gasteiger partial charge in [-0.3, -0.25) is 14.4 Å². The van der Waals surface area contributed by atoms with Crippen LogP contribution in [0.25, 0.3) is 0 Å². The van der Waals surface area contributed by atoms with Crippen LogP contribution in [0.1, 0.15) is 128 Å². The largest absolute Gasteiger partial charge is 0.462 e. The number of ether oxygens (including phenoxy) is 3. The molecule has 0 radical (unpaired) electrons. The van der Waals surface area contributed by atoms with Crippen LogP contribution in [0.15, 0.2) is 11.6 Å². The lowest BCUT2D eigenvalue weighted by Crippen LogP contribution is -2.67. The van der Waals surface area contributed by atoms with Crippen LogP contribution in [0.4, 0.5) is 0 Å². The standard InChI is InChI=1S/C36H56O6/c1-21(37)40-28-15-16-34(9)26(32(28,6)7)14-17-36(11)27(34)13-12-24-25-20-31(4,5)29(41-22(2)38)30(42-23(3)39)33(25,8)18-19-35(24,36)10/h12,25-30H,13-20H2,1-11H3/t25-,26-,27+,28-,29-,30+,33+,34-,35+,36+/m0/s1. The van der Waals surface area contributed by atoms with Crippen LogP contribution in [-0.2, 0) is 28.6 Å². The van der Waals surface area contributed by atoms with Gasteiger partial charge in [0.05, 0.1) is 0 Å². The molecule has 6 nitrogen and oxygen atoms in total. The summed E-state index contributed by atoms with van der Waals surface area (Å²) in [5.41, 5.74) is 1.20. The van der Waals surface area contributed by atoms with Crippen molar-refractivity contribution in [3.05, 3.63) is 11.6 Å². The van der Waals surface area contributed by atoms with Crippen LogP contribution in [0.5, 0.6) is 0 Å². The van der Waals surface area contributed by atoms with Crippen molar-refractivity contribution in [3.8, 4) is 0 Å². The molecular weight excluding hydrogens is 528 g/mol. The van der Waals surface area contributed by atoms with Crippen molar-refractivity contribution in [3.63, 3.8) is 0 Å². The zero-order valence-electron chi connectivity index (χ0n) is 28.1. The summed E-state index contributed by atoms with van der Waals surface area (Å²) < 4.78 is 18.0. The third-order valence-electron chi connectivity index (χ3n) is 14.1. The second kappa shape index (κ2) is 9.83. The molecular formula is C36H56O6. The molecule has 0 aromatic heterocycles. The highest BCUT2D eigenvalue weighted by atomic mass is 16.6. The van der Waals surface area contributed by atoms with E-state index >= 15 is 0 Å². The Hall–Kier alpha value is -1.85. The zero-order chi connectivity index (χ0) is 31.3. The van der Waals surface area contributed by atoms with Gasteiger partial charge in [-0.15, -0.1) is 0 Å². The summed E-state index contributed by atoms with van der Waals surface area (Å²) in [5.74, 6) is 0.497. The lowest BCUT2D eigenvalue weighted by Gasteiger charge is -2.72. The fourth-order valence-electron chi connectivity index (χ4n) is 11.8. The molecule has 0 bridgehead atoms. The Labute approximate surface area is 254 Å². The maximum atomic E-state index is 12.5. The molecule has 5 aliphatic carbocycles. The van der Waals surface area contributed by atoms with Crippen LogP contribution in [-0.4, -0.2) is 36.2 Å². The van der Waals surface area contributed by atoms with E-state index in [2.05, 4.69) is 61.5 Å². The molecule has 0 N–H and O–H groups in total. The molecule has 0 aliphatic heterocycles. The van der Waals surface area contributed by atoms with Gasteiger partial charge < -0.3 is 14.2 Å². The second-order valence-corrected chi connectivity index (χ2v) is 17.1. The Balaban J connectivity index is 1.55. The molecule has 10 atom stereocenters. The Morgan fingerprint density at radius 3 is 1.88 bits per heavy atom. The highest BCUT2D eigenvalue weighted by Crippen LogP contribution is 2.76. The first kappa shape index (κ1) is 31.6. The summed E-state index contributed by atoms with van der Waals surface area (Å²) in [6.07, 6.45) is 9.87. The number of carbonyl (C=O) groups excluding carboxylic acids is 3. The SMILES string of the molecule is CC(=O)O[C@H]1CC[C@]2(C)[C@H]3CC=C4[C@@H]5CC(C)(C)[C@@H](OC(C)=O)[C@@H](OC(C)=O)[C@]5(C)CC[C@@]4(C)[C@]3(C)CC[C@H]2C1(C)C. The first-order valence-electron chi connectivity index (χ1n) is 16.5. The van der Waals surface area contributed by atoms with Crippen molar-refractivity contribution in [2.45, 2.75) is 146 Å². The van der Waals surface area contributed by atoms with Crippen LogP contribution < -0.4 is 0 Å². The van der Waals surface area contributed by atoms with Crippen molar-refractivity contribution in [2.75, 3.05) is 0 Å². The van der Waals surface area contributed by atoms with Gasteiger partial charge in [0, 0.05) is 37.0 Å². The van der Waals surface area contributed by atoms with Crippen LogP contribution in [0.2, 0.25) is 0 Å². The summed E-state index contributed by atoms with van der Waals surface area (Å²) in [4.78, 5) is 36.7. The summed E-state index contributed by atoms with van der Waals surface area (Å²) in [6, 6.07) is 0. The minimum Gasteiger partial charge on any atom is -0.462 e. The van der Waals surface area contributed by atoms with Crippen molar-refractivity contribution in [1.29, 1.82) is 0 Å². The van der Waals surface area contributed by atoms with E-state index in [-0.39, 0.29) is 62.4 Å². The number of rotatable bonds is 3. The normalized spacial score (nSPS) is 46.9. The maximum Gasteiger partial charge on any atom is 0.303 e. The van der Waals surface area contributed by atoms with Gasteiger partial charge >= 0.3 is 17.9 Å². The van der Waals surface area contributed by atoms with Crippen molar-refractivity contribution in [1.82, 2.24) is 0 Å². The molecule has 5 rings (SSSR count). The number of fused-ring (bicyclic) bond motifs is 7. The molecule has 0 aromatic rings. The maximum absolute atomic E-state index is 12.5. The number of hydrogen-bond acceptors (Lipinski definition) is 6. The second-order valence-electron chi connectivity index (χ2n) is 17.1. The van der Waals surface area contributed by atoms with E-state index < -0.39 is 12.2 Å². The Kier molecular flexibility index (Phi) is 7.39. The lowest BCUT2D eigenvalue weighted by molar-refractivity contribution is -0.233. The molecule has 0 spiro atoms. The average Bonchev–Trinajstić information content (AvgIpc) is 2.84. The van der Waals surface area contributed by atoms with Crippen LogP contribution >= 0.6 is 0 Å². The average molecular weight is 585 g/mol. The third kappa shape index (κ3) is 4.34. The van der Waals surface area contributed by atoms with Gasteiger partial charge in [0.1, 0.15) is 18.3 Å². The van der Waals surface area contributed by atoms with Crippen molar-refractivity contribution >= 4 is 17.9 Å². The van der Waals surface area contributed by atoms with Crippen molar-refractivity contribution < 1.29 is 28.6 Å². The van der Waals surface area contributed by atoms with E-state index in [9.17, 15) is 14.4 Å². The molecule has 0 unspecified atom stereocenters. The first-order chi connectivity index (χ1) is 19.2. The molecule has 0 amide bonds. The Morgan fingerprint density at radius 2 is 1.29 bits per heavy atom. The Bertz CT molecular complexity index is 1180. The summed E-state index contributed by atoms with van der Waals surface area (Å²) in [6.45, 7) is 23.4. The number of carbonyl (C=O) groups is 3. The van der Waals surface area contributed by atoms with Gasteiger partial charge in [0.2, 0.25) is 0 Å². The fraction of sp³-hybridized carbons (Fsp3) is 0.861. The van der Waals surface area contributed by atoms with Gasteiger partial charge in [0.25, 0.3) is 0 Å². The fourth-order valence-corrected chi connectivity index (χ4v) is 11.8. The van der Waals surface area contributed by atoms with Crippen LogP contribution in [0, 0.1) is 50.2 Å². The van der Waals surface area contributed by atoms with E-state index in [1.54, 1.807) is 12.5 Å². The molecule has 0 saturated heterocycles. The zero-order valence-corrected chi connectivity index (χ0v) is 28.1. The quantitative estimate of drug-likeness (QED) is 0.191. The number of allylic oxidation sites excluding steroid dienone is 2. The predicted octanol–water partition coefficient (Wildman–Crippen LogP) is 7.82. The predicted molar refractivity (Wildman–Crippen MR) is 162 cm³/mol. The first-order valence-corrected chi connectivity index (χ1v) is 16.5. The van der Waals surface area contributed by atoms with Gasteiger partial charge in [-0.05, 0) is 85.4 Å². The highest BCUT2D eigenvalue weighted by Gasteiger charge is 2.70. The van der Waals surface area contributed by atoms with Crippen molar-refractivity contribution in [2.24, 2.45) is 50.2 Å². The van der Waals surface area contributed by atoms with Crippen LogP contribution in [0.3, 0.4) is 0 Å². The number of esters is 3. The van der Waals surface area contributed by atoms with E-state index in [1.165, 1.54) is 13.8 Å². The van der Waals surface area contributed by atoms with Gasteiger partial charge in [-0.25, -0.2) is 0 Å². The molecule has 6 heteroatoms. The Morgan fingerprint density at radius 1 is 0.690 bits per heavy atom. The van der Waals surface area contributed by atoms with E-state index in [4.69, 9.17) is 14.2 Å². The molecule has 5 aliphatic rings. The smallest absolute Gasteiger partial charge is 0.303 e. The van der Waals surface area contributed by atoms with E-state index in [0.717, 1.165) is 51.4 Å². The minimum absolute atomic E-state index is 0.0223. The molecule has 0 heterocycles. The van der Waals surface area contributed by atoms with E-state index in [1.807, 2.05) is 0 Å². The molecule has 4 saturated carbocycles. The number of hydrogen-bond donors (Lipinski definition) is 0. The monoisotopic (exact) mass is 584 g/mol. The molecule has 0 aromatic carbocycles. The summed E-state index contributed by atoms with van der Waals surface area (Å²) in [7, 11) is 0. The van der Waals surface area contributed by atoms with Gasteiger partial charge in [-0.1, -0.05) is 67.0 Å².